The summed E-state index contributed by atoms with van der Waals surface area (Å²) in [5.41, 5.74) is 1.63. The maximum atomic E-state index is 13.1. The molecule has 1 aromatic carbocycles. The molecule has 2 fully saturated rings. The molecule has 132 valence electrons. The average Bonchev–Trinajstić information content (AvgIpc) is 3.33. The SMILES string of the molecule is Cc1cc(CN2CCN(C(=O)C3(c4cccc(Cl)c4)CC3)CC2)on1. The van der Waals surface area contributed by atoms with E-state index in [1.807, 2.05) is 42.2 Å². The Balaban J connectivity index is 1.38. The van der Waals surface area contributed by atoms with Gasteiger partial charge in [-0.15, -0.1) is 0 Å². The highest BCUT2D eigenvalue weighted by atomic mass is 35.5. The van der Waals surface area contributed by atoms with Crippen molar-refractivity contribution in [2.24, 2.45) is 0 Å². The monoisotopic (exact) mass is 359 g/mol. The van der Waals surface area contributed by atoms with E-state index < -0.39 is 0 Å². The van der Waals surface area contributed by atoms with E-state index in [1.54, 1.807) is 0 Å². The molecule has 0 N–H and O–H groups in total. The normalized spacial score (nSPS) is 19.8. The second kappa shape index (κ2) is 6.46. The summed E-state index contributed by atoms with van der Waals surface area (Å²) < 4.78 is 5.29. The van der Waals surface area contributed by atoms with E-state index in [0.29, 0.717) is 5.02 Å². The number of carbonyl (C=O) groups excluding carboxylic acids is 1. The second-order valence-corrected chi connectivity index (χ2v) is 7.53. The van der Waals surface area contributed by atoms with Crippen molar-refractivity contribution in [3.63, 3.8) is 0 Å². The van der Waals surface area contributed by atoms with Crippen molar-refractivity contribution in [1.82, 2.24) is 15.0 Å². The van der Waals surface area contributed by atoms with Gasteiger partial charge in [-0.1, -0.05) is 28.9 Å². The highest BCUT2D eigenvalue weighted by Gasteiger charge is 2.53. The number of hydrogen-bond donors (Lipinski definition) is 0. The van der Waals surface area contributed by atoms with Crippen LogP contribution in [0.3, 0.4) is 0 Å². The number of hydrogen-bond acceptors (Lipinski definition) is 4. The number of carbonyl (C=O) groups is 1. The molecule has 4 rings (SSSR count). The van der Waals surface area contributed by atoms with Crippen LogP contribution in [0.1, 0.15) is 29.9 Å². The zero-order valence-corrected chi connectivity index (χ0v) is 15.1. The van der Waals surface area contributed by atoms with Crippen molar-refractivity contribution < 1.29 is 9.32 Å². The molecule has 0 unspecified atom stereocenters. The van der Waals surface area contributed by atoms with Gasteiger partial charge in [-0.25, -0.2) is 0 Å². The van der Waals surface area contributed by atoms with Gasteiger partial charge >= 0.3 is 0 Å². The topological polar surface area (TPSA) is 49.6 Å². The fourth-order valence-electron chi connectivity index (χ4n) is 3.66. The summed E-state index contributed by atoms with van der Waals surface area (Å²) >= 11 is 6.12. The maximum absolute atomic E-state index is 13.1. The third-order valence-electron chi connectivity index (χ3n) is 5.25. The molecule has 1 aromatic heterocycles. The number of piperazine rings is 1. The first-order chi connectivity index (χ1) is 12.1. The highest BCUT2D eigenvalue weighted by Crippen LogP contribution is 2.50. The summed E-state index contributed by atoms with van der Waals surface area (Å²) in [6.45, 7) is 5.91. The van der Waals surface area contributed by atoms with Crippen LogP contribution in [0.2, 0.25) is 5.02 Å². The summed E-state index contributed by atoms with van der Waals surface area (Å²) in [6.07, 6.45) is 1.84. The van der Waals surface area contributed by atoms with Gasteiger partial charge < -0.3 is 9.42 Å². The van der Waals surface area contributed by atoms with Crippen LogP contribution in [-0.2, 0) is 16.8 Å². The first kappa shape index (κ1) is 16.6. The lowest BCUT2D eigenvalue weighted by molar-refractivity contribution is -0.135. The van der Waals surface area contributed by atoms with E-state index in [0.717, 1.165) is 62.6 Å². The first-order valence-electron chi connectivity index (χ1n) is 8.77. The Kier molecular flexibility index (Phi) is 4.29. The van der Waals surface area contributed by atoms with Crippen LogP contribution >= 0.6 is 11.6 Å². The van der Waals surface area contributed by atoms with Gasteiger partial charge in [0.05, 0.1) is 17.7 Å². The number of aromatic nitrogens is 1. The van der Waals surface area contributed by atoms with E-state index >= 15 is 0 Å². The van der Waals surface area contributed by atoms with Crippen LogP contribution in [-0.4, -0.2) is 47.0 Å². The molecule has 2 heterocycles. The molecule has 1 amide bonds. The Labute approximate surface area is 152 Å². The number of amides is 1. The summed E-state index contributed by atoms with van der Waals surface area (Å²) in [5, 5.41) is 4.63. The van der Waals surface area contributed by atoms with Gasteiger partial charge in [-0.05, 0) is 37.5 Å². The molecule has 0 spiro atoms. The first-order valence-corrected chi connectivity index (χ1v) is 9.15. The number of rotatable bonds is 4. The molecule has 1 aliphatic heterocycles. The standard InChI is InChI=1S/C19H22ClN3O2/c1-14-11-17(25-21-14)13-22-7-9-23(10-8-22)18(24)19(5-6-19)15-3-2-4-16(20)12-15/h2-4,11-12H,5-10,13H2,1H3. The zero-order valence-electron chi connectivity index (χ0n) is 14.4. The van der Waals surface area contributed by atoms with E-state index in [2.05, 4.69) is 10.1 Å². The van der Waals surface area contributed by atoms with Gasteiger partial charge in [-0.3, -0.25) is 9.69 Å². The van der Waals surface area contributed by atoms with Crippen molar-refractivity contribution in [3.8, 4) is 0 Å². The van der Waals surface area contributed by atoms with Gasteiger partial charge in [0.25, 0.3) is 0 Å². The maximum Gasteiger partial charge on any atom is 0.233 e. The Morgan fingerprint density at radius 3 is 2.60 bits per heavy atom. The predicted molar refractivity (Wildman–Crippen MR) is 95.5 cm³/mol. The molecule has 0 atom stereocenters. The van der Waals surface area contributed by atoms with Gasteiger partial charge in [0.15, 0.2) is 5.76 Å². The smallest absolute Gasteiger partial charge is 0.233 e. The lowest BCUT2D eigenvalue weighted by Gasteiger charge is -2.36. The number of aryl methyl sites for hydroxylation is 1. The van der Waals surface area contributed by atoms with Gasteiger partial charge in [0.2, 0.25) is 5.91 Å². The van der Waals surface area contributed by atoms with Crippen LogP contribution < -0.4 is 0 Å². The zero-order chi connectivity index (χ0) is 17.4. The molecule has 5 nitrogen and oxygen atoms in total. The number of halogens is 1. The van der Waals surface area contributed by atoms with Crippen LogP contribution in [0.5, 0.6) is 0 Å². The Morgan fingerprint density at radius 1 is 1.24 bits per heavy atom. The minimum atomic E-state index is -0.338. The van der Waals surface area contributed by atoms with Crippen LogP contribution in [0.15, 0.2) is 34.9 Å². The Hall–Kier alpha value is -1.85. The van der Waals surface area contributed by atoms with Crippen molar-refractivity contribution >= 4 is 17.5 Å². The molecule has 25 heavy (non-hydrogen) atoms. The third kappa shape index (κ3) is 3.31. The lowest BCUT2D eigenvalue weighted by atomic mass is 9.94. The quantitative estimate of drug-likeness (QED) is 0.842. The van der Waals surface area contributed by atoms with Crippen molar-refractivity contribution in [2.45, 2.75) is 31.7 Å². The van der Waals surface area contributed by atoms with Crippen LogP contribution in [0.25, 0.3) is 0 Å². The molecular formula is C19H22ClN3O2. The van der Waals surface area contributed by atoms with Crippen molar-refractivity contribution in [2.75, 3.05) is 26.2 Å². The second-order valence-electron chi connectivity index (χ2n) is 7.10. The van der Waals surface area contributed by atoms with Gasteiger partial charge in [-0.2, -0.15) is 0 Å². The summed E-state index contributed by atoms with van der Waals surface area (Å²) in [6, 6.07) is 9.72. The molecule has 0 radical (unpaired) electrons. The average molecular weight is 360 g/mol. The minimum absolute atomic E-state index is 0.255. The highest BCUT2D eigenvalue weighted by molar-refractivity contribution is 6.30. The van der Waals surface area contributed by atoms with E-state index in [9.17, 15) is 4.79 Å². The van der Waals surface area contributed by atoms with Crippen molar-refractivity contribution in [3.05, 3.63) is 52.4 Å². The van der Waals surface area contributed by atoms with Gasteiger partial charge in [0, 0.05) is 37.3 Å². The molecule has 2 aromatic rings. The Morgan fingerprint density at radius 2 is 2.00 bits per heavy atom. The third-order valence-corrected chi connectivity index (χ3v) is 5.49. The molecule has 0 bridgehead atoms. The van der Waals surface area contributed by atoms with E-state index in [1.165, 1.54) is 0 Å². The van der Waals surface area contributed by atoms with Crippen LogP contribution in [0, 0.1) is 6.92 Å². The van der Waals surface area contributed by atoms with Crippen molar-refractivity contribution in [1.29, 1.82) is 0 Å². The molecule has 1 aliphatic carbocycles. The summed E-state index contributed by atoms with van der Waals surface area (Å²) in [5.74, 6) is 1.14. The fraction of sp³-hybridized carbons (Fsp3) is 0.474. The van der Waals surface area contributed by atoms with E-state index in [-0.39, 0.29) is 11.3 Å². The van der Waals surface area contributed by atoms with Crippen LogP contribution in [0.4, 0.5) is 0 Å². The summed E-state index contributed by atoms with van der Waals surface area (Å²) in [4.78, 5) is 17.4. The number of benzene rings is 1. The molecule has 2 aliphatic rings. The van der Waals surface area contributed by atoms with E-state index in [4.69, 9.17) is 16.1 Å². The minimum Gasteiger partial charge on any atom is -0.360 e. The molecule has 1 saturated heterocycles. The molecule has 1 saturated carbocycles. The molecule has 6 heteroatoms. The molecular weight excluding hydrogens is 338 g/mol. The largest absolute Gasteiger partial charge is 0.360 e. The Bertz CT molecular complexity index is 776. The fourth-order valence-corrected chi connectivity index (χ4v) is 3.85. The lowest BCUT2D eigenvalue weighted by Crippen LogP contribution is -2.51. The summed E-state index contributed by atoms with van der Waals surface area (Å²) in [7, 11) is 0. The number of nitrogens with zero attached hydrogens (tertiary/aromatic N) is 3. The van der Waals surface area contributed by atoms with Gasteiger partial charge in [0.1, 0.15) is 0 Å². The predicted octanol–water partition coefficient (Wildman–Crippen LogP) is 3.01.